The molecule has 34 heavy (non-hydrogen) atoms. The summed E-state index contributed by atoms with van der Waals surface area (Å²) < 4.78 is 7.12. The summed E-state index contributed by atoms with van der Waals surface area (Å²) in [4.78, 5) is 42.8. The third-order valence-corrected chi connectivity index (χ3v) is 6.38. The Morgan fingerprint density at radius 3 is 2.56 bits per heavy atom. The highest BCUT2D eigenvalue weighted by Crippen LogP contribution is 2.35. The Hall–Kier alpha value is -3.48. The van der Waals surface area contributed by atoms with E-state index in [2.05, 4.69) is 24.1 Å². The number of para-hydroxylation sites is 2. The van der Waals surface area contributed by atoms with E-state index >= 15 is 0 Å². The molecule has 7 nitrogen and oxygen atoms in total. The number of hydrogen-bond acceptors (Lipinski definition) is 5. The Kier molecular flexibility index (Phi) is 7.10. The van der Waals surface area contributed by atoms with Crippen molar-refractivity contribution in [1.82, 2.24) is 9.55 Å². The predicted octanol–water partition coefficient (Wildman–Crippen LogP) is 4.75. The highest BCUT2D eigenvalue weighted by Gasteiger charge is 2.28. The minimum atomic E-state index is -0.937. The van der Waals surface area contributed by atoms with Crippen molar-refractivity contribution in [3.8, 4) is 0 Å². The number of hydrogen-bond donors (Lipinski definition) is 1. The first-order valence-electron chi connectivity index (χ1n) is 12.0. The summed E-state index contributed by atoms with van der Waals surface area (Å²) >= 11 is 0. The average molecular weight is 462 g/mol. The summed E-state index contributed by atoms with van der Waals surface area (Å²) in [5, 5.41) is 3.48. The van der Waals surface area contributed by atoms with E-state index in [0.717, 1.165) is 30.5 Å². The van der Waals surface area contributed by atoms with E-state index in [-0.39, 0.29) is 30.3 Å². The number of benzene rings is 2. The van der Waals surface area contributed by atoms with E-state index in [0.29, 0.717) is 22.6 Å². The lowest BCUT2D eigenvalue weighted by molar-refractivity contribution is -0.153. The largest absolute Gasteiger partial charge is 0.453 e. The maximum absolute atomic E-state index is 13.0. The molecule has 2 atom stereocenters. The van der Waals surface area contributed by atoms with Gasteiger partial charge in [0.05, 0.1) is 17.3 Å². The quantitative estimate of drug-likeness (QED) is 0.465. The molecule has 1 fully saturated rings. The van der Waals surface area contributed by atoms with Gasteiger partial charge in [-0.15, -0.1) is 0 Å². The lowest BCUT2D eigenvalue weighted by atomic mass is 9.97. The van der Waals surface area contributed by atoms with Crippen LogP contribution in [-0.4, -0.2) is 27.5 Å². The molecule has 0 aliphatic heterocycles. The molecular formula is C27H31N3O4. The highest BCUT2D eigenvalue weighted by atomic mass is 16.5. The Balaban J connectivity index is 1.40. The SMILES string of the molecule is CC[C@@H](C)c1ccccc1NC(=O)[C@@H](C)OC(=O)CCc1nc2ccccc2c(=O)n1C1CC1. The van der Waals surface area contributed by atoms with E-state index < -0.39 is 12.1 Å². The van der Waals surface area contributed by atoms with Crippen LogP contribution < -0.4 is 10.9 Å². The van der Waals surface area contributed by atoms with Crippen LogP contribution in [-0.2, 0) is 20.7 Å². The number of amides is 1. The van der Waals surface area contributed by atoms with Crippen LogP contribution in [0.1, 0.15) is 69.8 Å². The van der Waals surface area contributed by atoms with Gasteiger partial charge in [0, 0.05) is 18.2 Å². The van der Waals surface area contributed by atoms with Crippen molar-refractivity contribution >= 4 is 28.5 Å². The Labute approximate surface area is 199 Å². The van der Waals surface area contributed by atoms with Gasteiger partial charge in [0.1, 0.15) is 5.82 Å². The molecule has 0 unspecified atom stereocenters. The van der Waals surface area contributed by atoms with Gasteiger partial charge < -0.3 is 10.1 Å². The van der Waals surface area contributed by atoms with Crippen LogP contribution in [0.25, 0.3) is 10.9 Å². The summed E-state index contributed by atoms with van der Waals surface area (Å²) in [7, 11) is 0. The van der Waals surface area contributed by atoms with Crippen LogP contribution in [0.2, 0.25) is 0 Å². The molecular weight excluding hydrogens is 430 g/mol. The number of fused-ring (bicyclic) bond motifs is 1. The van der Waals surface area contributed by atoms with E-state index in [1.54, 1.807) is 23.6 Å². The molecule has 1 saturated carbocycles. The van der Waals surface area contributed by atoms with Gasteiger partial charge in [-0.25, -0.2) is 4.98 Å². The van der Waals surface area contributed by atoms with E-state index in [4.69, 9.17) is 4.74 Å². The molecule has 0 radical (unpaired) electrons. The monoisotopic (exact) mass is 461 g/mol. The minimum Gasteiger partial charge on any atom is -0.453 e. The first-order chi connectivity index (χ1) is 16.4. The molecule has 4 rings (SSSR count). The molecule has 2 aromatic carbocycles. The molecule has 7 heteroatoms. The first-order valence-corrected chi connectivity index (χ1v) is 12.0. The molecule has 1 heterocycles. The first kappa shape index (κ1) is 23.7. The van der Waals surface area contributed by atoms with Gasteiger partial charge >= 0.3 is 5.97 Å². The predicted molar refractivity (Wildman–Crippen MR) is 132 cm³/mol. The van der Waals surface area contributed by atoms with Crippen molar-refractivity contribution in [3.05, 3.63) is 70.3 Å². The van der Waals surface area contributed by atoms with Crippen molar-refractivity contribution in [2.24, 2.45) is 0 Å². The Morgan fingerprint density at radius 1 is 1.12 bits per heavy atom. The van der Waals surface area contributed by atoms with Crippen LogP contribution in [0.15, 0.2) is 53.3 Å². The van der Waals surface area contributed by atoms with E-state index in [1.807, 2.05) is 36.4 Å². The number of ether oxygens (including phenoxy) is 1. The molecule has 0 spiro atoms. The lowest BCUT2D eigenvalue weighted by Crippen LogP contribution is -2.31. The van der Waals surface area contributed by atoms with Crippen LogP contribution in [0, 0.1) is 0 Å². The average Bonchev–Trinajstić information content (AvgIpc) is 3.67. The van der Waals surface area contributed by atoms with Gasteiger partial charge in [-0.05, 0) is 55.9 Å². The molecule has 3 aromatic rings. The maximum Gasteiger partial charge on any atom is 0.307 e. The summed E-state index contributed by atoms with van der Waals surface area (Å²) in [6.45, 7) is 5.77. The van der Waals surface area contributed by atoms with Gasteiger partial charge in [-0.2, -0.15) is 0 Å². The summed E-state index contributed by atoms with van der Waals surface area (Å²) in [6, 6.07) is 15.1. The second-order valence-electron chi connectivity index (χ2n) is 8.97. The zero-order valence-corrected chi connectivity index (χ0v) is 19.9. The third kappa shape index (κ3) is 5.19. The summed E-state index contributed by atoms with van der Waals surface area (Å²) in [5.41, 5.74) is 2.35. The van der Waals surface area contributed by atoms with Gasteiger partial charge in [-0.1, -0.05) is 44.2 Å². The molecule has 0 bridgehead atoms. The number of anilines is 1. The fourth-order valence-corrected chi connectivity index (χ4v) is 4.10. The van der Waals surface area contributed by atoms with Crippen molar-refractivity contribution in [1.29, 1.82) is 0 Å². The van der Waals surface area contributed by atoms with Crippen molar-refractivity contribution < 1.29 is 14.3 Å². The fraction of sp³-hybridized carbons (Fsp3) is 0.407. The number of carbonyl (C=O) groups is 2. The standard InChI is InChI=1S/C27H31N3O4/c1-4-17(2)20-9-5-7-11-22(20)29-26(32)18(3)34-25(31)16-15-24-28-23-12-8-6-10-21(23)27(33)30(24)19-13-14-19/h5-12,17-19H,4,13-16H2,1-3H3,(H,29,32)/t17-,18-/m1/s1. The third-order valence-electron chi connectivity index (χ3n) is 6.38. The number of carbonyl (C=O) groups excluding carboxylic acids is 2. The molecule has 1 aromatic heterocycles. The van der Waals surface area contributed by atoms with Crippen LogP contribution >= 0.6 is 0 Å². The summed E-state index contributed by atoms with van der Waals surface area (Å²) in [5.74, 6) is 0.0149. The number of nitrogens with one attached hydrogen (secondary N) is 1. The lowest BCUT2D eigenvalue weighted by Gasteiger charge is -2.18. The van der Waals surface area contributed by atoms with Gasteiger partial charge in [0.15, 0.2) is 6.10 Å². The topological polar surface area (TPSA) is 90.3 Å². The van der Waals surface area contributed by atoms with Gasteiger partial charge in [-0.3, -0.25) is 19.0 Å². The molecule has 1 aliphatic rings. The second-order valence-corrected chi connectivity index (χ2v) is 8.97. The fourth-order valence-electron chi connectivity index (χ4n) is 4.10. The zero-order chi connectivity index (χ0) is 24.2. The zero-order valence-electron chi connectivity index (χ0n) is 19.9. The molecule has 1 amide bonds. The van der Waals surface area contributed by atoms with Crippen molar-refractivity contribution in [2.75, 3.05) is 5.32 Å². The number of aryl methyl sites for hydroxylation is 1. The van der Waals surface area contributed by atoms with Crippen molar-refractivity contribution in [3.63, 3.8) is 0 Å². The van der Waals surface area contributed by atoms with Gasteiger partial charge in [0.2, 0.25) is 0 Å². The number of nitrogens with zero attached hydrogens (tertiary/aromatic N) is 2. The van der Waals surface area contributed by atoms with Crippen LogP contribution in [0.3, 0.4) is 0 Å². The maximum atomic E-state index is 13.0. The molecule has 1 N–H and O–H groups in total. The summed E-state index contributed by atoms with van der Waals surface area (Å²) in [6.07, 6.45) is 2.21. The number of aromatic nitrogens is 2. The number of esters is 1. The molecule has 1 aliphatic carbocycles. The Morgan fingerprint density at radius 2 is 1.82 bits per heavy atom. The van der Waals surface area contributed by atoms with Crippen molar-refractivity contribution in [2.45, 2.75) is 70.9 Å². The highest BCUT2D eigenvalue weighted by molar-refractivity contribution is 5.95. The van der Waals surface area contributed by atoms with E-state index in [1.165, 1.54) is 0 Å². The molecule has 0 saturated heterocycles. The van der Waals surface area contributed by atoms with E-state index in [9.17, 15) is 14.4 Å². The smallest absolute Gasteiger partial charge is 0.307 e. The van der Waals surface area contributed by atoms with Crippen LogP contribution in [0.4, 0.5) is 5.69 Å². The van der Waals surface area contributed by atoms with Crippen LogP contribution in [0.5, 0.6) is 0 Å². The second kappa shape index (κ2) is 10.2. The normalized spacial score (nSPS) is 15.0. The Bertz CT molecular complexity index is 1260. The van der Waals surface area contributed by atoms with Gasteiger partial charge in [0.25, 0.3) is 11.5 Å². The molecule has 178 valence electrons. The number of rotatable bonds is 9. The minimum absolute atomic E-state index is 0.0403.